The van der Waals surface area contributed by atoms with E-state index in [-0.39, 0.29) is 12.1 Å². The van der Waals surface area contributed by atoms with E-state index in [1.165, 1.54) is 16.7 Å². The molecule has 2 aromatic rings. The molecule has 0 saturated heterocycles. The first-order valence-corrected chi connectivity index (χ1v) is 8.65. The Morgan fingerprint density at radius 3 is 2.79 bits per heavy atom. The van der Waals surface area contributed by atoms with E-state index in [9.17, 15) is 4.79 Å². The maximum absolute atomic E-state index is 12.5. The molecule has 4 nitrogen and oxygen atoms in total. The second kappa shape index (κ2) is 6.65. The van der Waals surface area contributed by atoms with Crippen molar-refractivity contribution in [2.24, 2.45) is 0 Å². The number of urea groups is 1. The Morgan fingerprint density at radius 2 is 1.88 bits per heavy atom. The Bertz CT molecular complexity index is 744. The Kier molecular flexibility index (Phi) is 4.22. The van der Waals surface area contributed by atoms with Gasteiger partial charge in [0.1, 0.15) is 0 Å². The Morgan fingerprint density at radius 1 is 1.08 bits per heavy atom. The summed E-state index contributed by atoms with van der Waals surface area (Å²) in [7, 11) is 0. The molecule has 2 aliphatic heterocycles. The van der Waals surface area contributed by atoms with Crippen molar-refractivity contribution in [2.45, 2.75) is 25.4 Å². The molecule has 1 atom stereocenters. The van der Waals surface area contributed by atoms with Crippen LogP contribution in [0.4, 0.5) is 10.5 Å². The van der Waals surface area contributed by atoms with Crippen molar-refractivity contribution in [3.8, 4) is 0 Å². The fraction of sp³-hybridized carbons (Fsp3) is 0.350. The van der Waals surface area contributed by atoms with Crippen LogP contribution in [-0.2, 0) is 17.6 Å². The van der Waals surface area contributed by atoms with Crippen molar-refractivity contribution in [3.05, 3.63) is 65.2 Å². The summed E-state index contributed by atoms with van der Waals surface area (Å²) in [5.74, 6) is 0. The molecule has 1 unspecified atom stereocenters. The SMILES string of the molecule is O=C(NCCC1OCCc2ccccc21)N1CCc2ccccc21. The van der Waals surface area contributed by atoms with E-state index in [1.54, 1.807) is 0 Å². The molecule has 2 aromatic carbocycles. The third-order valence-electron chi connectivity index (χ3n) is 4.91. The van der Waals surface area contributed by atoms with Crippen LogP contribution >= 0.6 is 0 Å². The third-order valence-corrected chi connectivity index (χ3v) is 4.91. The maximum Gasteiger partial charge on any atom is 0.321 e. The second-order valence-electron chi connectivity index (χ2n) is 6.36. The van der Waals surface area contributed by atoms with Crippen LogP contribution in [-0.4, -0.2) is 25.7 Å². The minimum absolute atomic E-state index is 0.0101. The molecule has 24 heavy (non-hydrogen) atoms. The van der Waals surface area contributed by atoms with E-state index in [0.717, 1.165) is 38.1 Å². The lowest BCUT2D eigenvalue weighted by atomic mass is 9.96. The van der Waals surface area contributed by atoms with Crippen LogP contribution in [0.15, 0.2) is 48.5 Å². The Balaban J connectivity index is 1.35. The summed E-state index contributed by atoms with van der Waals surface area (Å²) >= 11 is 0. The largest absolute Gasteiger partial charge is 0.373 e. The molecule has 4 heteroatoms. The fourth-order valence-corrected chi connectivity index (χ4v) is 3.67. The number of hydrogen-bond donors (Lipinski definition) is 1. The van der Waals surface area contributed by atoms with Gasteiger partial charge < -0.3 is 10.1 Å². The molecule has 0 aliphatic carbocycles. The topological polar surface area (TPSA) is 41.6 Å². The monoisotopic (exact) mass is 322 g/mol. The third kappa shape index (κ3) is 2.89. The van der Waals surface area contributed by atoms with Crippen molar-refractivity contribution >= 4 is 11.7 Å². The van der Waals surface area contributed by atoms with Crippen molar-refractivity contribution in [3.63, 3.8) is 0 Å². The zero-order chi connectivity index (χ0) is 16.4. The number of amides is 2. The molecule has 124 valence electrons. The van der Waals surface area contributed by atoms with Crippen LogP contribution in [0.25, 0.3) is 0 Å². The number of rotatable bonds is 3. The molecule has 1 N–H and O–H groups in total. The van der Waals surface area contributed by atoms with Gasteiger partial charge in [-0.15, -0.1) is 0 Å². The smallest absolute Gasteiger partial charge is 0.321 e. The quantitative estimate of drug-likeness (QED) is 0.940. The number of nitrogens with one attached hydrogen (secondary N) is 1. The molecule has 0 aromatic heterocycles. The number of anilines is 1. The number of fused-ring (bicyclic) bond motifs is 2. The molecule has 2 heterocycles. The van der Waals surface area contributed by atoms with Crippen molar-refractivity contribution in [2.75, 3.05) is 24.6 Å². The van der Waals surface area contributed by atoms with Gasteiger partial charge in [0.2, 0.25) is 0 Å². The van der Waals surface area contributed by atoms with Crippen LogP contribution in [0.2, 0.25) is 0 Å². The minimum Gasteiger partial charge on any atom is -0.373 e. The molecular formula is C20H22N2O2. The summed E-state index contributed by atoms with van der Waals surface area (Å²) < 4.78 is 5.90. The molecule has 2 aliphatic rings. The van der Waals surface area contributed by atoms with Crippen LogP contribution < -0.4 is 10.2 Å². The molecule has 0 bridgehead atoms. The number of hydrogen-bond acceptors (Lipinski definition) is 2. The minimum atomic E-state index is -0.0101. The van der Waals surface area contributed by atoms with Gasteiger partial charge in [-0.2, -0.15) is 0 Å². The lowest BCUT2D eigenvalue weighted by Crippen LogP contribution is -2.39. The van der Waals surface area contributed by atoms with Gasteiger partial charge in [-0.25, -0.2) is 4.79 Å². The van der Waals surface area contributed by atoms with E-state index < -0.39 is 0 Å². The molecular weight excluding hydrogens is 300 g/mol. The Hall–Kier alpha value is -2.33. The highest BCUT2D eigenvalue weighted by Crippen LogP contribution is 2.29. The number of benzene rings is 2. The van der Waals surface area contributed by atoms with Gasteiger partial charge in [0.25, 0.3) is 0 Å². The number of nitrogens with zero attached hydrogens (tertiary/aromatic N) is 1. The molecule has 0 fully saturated rings. The van der Waals surface area contributed by atoms with Crippen molar-refractivity contribution in [1.29, 1.82) is 0 Å². The van der Waals surface area contributed by atoms with Crippen LogP contribution in [0.3, 0.4) is 0 Å². The summed E-state index contributed by atoms with van der Waals surface area (Å²) in [5, 5.41) is 3.05. The fourth-order valence-electron chi connectivity index (χ4n) is 3.67. The molecule has 0 saturated carbocycles. The van der Waals surface area contributed by atoms with Gasteiger partial charge in [0, 0.05) is 18.8 Å². The summed E-state index contributed by atoms with van der Waals surface area (Å²) in [4.78, 5) is 14.3. The number of ether oxygens (including phenoxy) is 1. The van der Waals surface area contributed by atoms with E-state index in [2.05, 4.69) is 35.6 Å². The number of para-hydroxylation sites is 1. The summed E-state index contributed by atoms with van der Waals surface area (Å²) in [5.41, 5.74) is 4.92. The van der Waals surface area contributed by atoms with Crippen LogP contribution in [0.1, 0.15) is 29.2 Å². The average molecular weight is 322 g/mol. The van der Waals surface area contributed by atoms with Gasteiger partial charge in [0.05, 0.1) is 12.7 Å². The van der Waals surface area contributed by atoms with Gasteiger partial charge in [0.15, 0.2) is 0 Å². The zero-order valence-corrected chi connectivity index (χ0v) is 13.7. The van der Waals surface area contributed by atoms with Crippen LogP contribution in [0, 0.1) is 0 Å². The van der Waals surface area contributed by atoms with E-state index in [4.69, 9.17) is 4.74 Å². The summed E-state index contributed by atoms with van der Waals surface area (Å²) in [6.45, 7) is 2.14. The van der Waals surface area contributed by atoms with Crippen LogP contribution in [0.5, 0.6) is 0 Å². The maximum atomic E-state index is 12.5. The predicted molar refractivity (Wildman–Crippen MR) is 94.3 cm³/mol. The zero-order valence-electron chi connectivity index (χ0n) is 13.7. The molecule has 4 rings (SSSR count). The highest BCUT2D eigenvalue weighted by Gasteiger charge is 2.25. The summed E-state index contributed by atoms with van der Waals surface area (Å²) in [6.07, 6.45) is 2.80. The highest BCUT2D eigenvalue weighted by atomic mass is 16.5. The molecule has 0 spiro atoms. The van der Waals surface area contributed by atoms with Gasteiger partial charge >= 0.3 is 6.03 Å². The molecule has 0 radical (unpaired) electrons. The lowest BCUT2D eigenvalue weighted by molar-refractivity contribution is 0.0373. The van der Waals surface area contributed by atoms with Crippen molar-refractivity contribution < 1.29 is 9.53 Å². The van der Waals surface area contributed by atoms with Crippen molar-refractivity contribution in [1.82, 2.24) is 5.32 Å². The van der Waals surface area contributed by atoms with E-state index in [1.807, 2.05) is 23.1 Å². The van der Waals surface area contributed by atoms with Gasteiger partial charge in [-0.1, -0.05) is 42.5 Å². The highest BCUT2D eigenvalue weighted by molar-refractivity contribution is 5.94. The van der Waals surface area contributed by atoms with Gasteiger partial charge in [-0.3, -0.25) is 4.90 Å². The Labute approximate surface area is 142 Å². The number of carbonyl (C=O) groups is 1. The molecule has 2 amide bonds. The first kappa shape index (κ1) is 15.2. The standard InChI is InChI=1S/C20H22N2O2/c23-20(22-13-10-16-6-2-4-8-18(16)22)21-12-9-19-17-7-3-1-5-15(17)11-14-24-19/h1-8,19H,9-14H2,(H,21,23). The summed E-state index contributed by atoms with van der Waals surface area (Å²) in [6, 6.07) is 16.5. The first-order chi connectivity index (χ1) is 11.8. The normalized spacial score (nSPS) is 18.8. The first-order valence-electron chi connectivity index (χ1n) is 8.65. The van der Waals surface area contributed by atoms with Gasteiger partial charge in [-0.05, 0) is 42.0 Å². The second-order valence-corrected chi connectivity index (χ2v) is 6.36. The predicted octanol–water partition coefficient (Wildman–Crippen LogP) is 3.46. The lowest BCUT2D eigenvalue weighted by Gasteiger charge is -2.26. The average Bonchev–Trinajstić information content (AvgIpc) is 3.06. The van der Waals surface area contributed by atoms with E-state index >= 15 is 0 Å². The van der Waals surface area contributed by atoms with E-state index in [0.29, 0.717) is 6.54 Å². The number of carbonyl (C=O) groups excluding carboxylic acids is 1.